The largest absolute Gasteiger partial charge is 0.493 e. The number of amides is 2. The van der Waals surface area contributed by atoms with Crippen LogP contribution in [0.15, 0.2) is 24.5 Å². The number of rotatable bonds is 7. The lowest BCUT2D eigenvalue weighted by molar-refractivity contribution is -0.127. The highest BCUT2D eigenvalue weighted by Crippen LogP contribution is 2.38. The van der Waals surface area contributed by atoms with E-state index in [0.29, 0.717) is 64.9 Å². The molecule has 3 heterocycles. The summed E-state index contributed by atoms with van der Waals surface area (Å²) in [5.41, 5.74) is 2.52. The summed E-state index contributed by atoms with van der Waals surface area (Å²) in [6, 6.07) is 4.12. The number of carbonyl (C=O) groups is 2. The van der Waals surface area contributed by atoms with E-state index in [1.54, 1.807) is 17.9 Å². The number of H-pyrrole nitrogens is 1. The standard InChI is InChI=1S/C26H29F2N5O3/c1-13-9-33(15(3)34)10-19(13)32-26(35)21-14(2)31-24-22(29-12-30-23(21)24)18-8-17(25(27)28)6-7-20(18)36-11-16-4-5-16/h6-8,12-13,16,19,25,31H,4-5,9-11H2,1-3H3,(H,32,35)/t13-,19-/m1/s1. The lowest BCUT2D eigenvalue weighted by Crippen LogP contribution is -2.40. The van der Waals surface area contributed by atoms with E-state index >= 15 is 0 Å². The Kier molecular flexibility index (Phi) is 6.36. The van der Waals surface area contributed by atoms with E-state index in [2.05, 4.69) is 20.3 Å². The Balaban J connectivity index is 1.51. The molecule has 1 saturated carbocycles. The van der Waals surface area contributed by atoms with Gasteiger partial charge in [-0.25, -0.2) is 18.7 Å². The number of aromatic amines is 1. The van der Waals surface area contributed by atoms with E-state index in [-0.39, 0.29) is 29.3 Å². The number of nitrogens with zero attached hydrogens (tertiary/aromatic N) is 3. The molecule has 1 saturated heterocycles. The lowest BCUT2D eigenvalue weighted by Gasteiger charge is -2.16. The molecule has 0 spiro atoms. The molecule has 1 aliphatic heterocycles. The third-order valence-corrected chi connectivity index (χ3v) is 7.05. The molecule has 0 unspecified atom stereocenters. The van der Waals surface area contributed by atoms with Crippen molar-refractivity contribution in [2.75, 3.05) is 19.7 Å². The quantitative estimate of drug-likeness (QED) is 0.508. The van der Waals surface area contributed by atoms with E-state index in [1.807, 2.05) is 6.92 Å². The van der Waals surface area contributed by atoms with E-state index in [9.17, 15) is 18.4 Å². The second kappa shape index (κ2) is 9.48. The van der Waals surface area contributed by atoms with E-state index < -0.39 is 6.43 Å². The highest BCUT2D eigenvalue weighted by atomic mass is 19.3. The monoisotopic (exact) mass is 497 g/mol. The van der Waals surface area contributed by atoms with Gasteiger partial charge in [0.1, 0.15) is 23.3 Å². The van der Waals surface area contributed by atoms with E-state index in [0.717, 1.165) is 12.8 Å². The fourth-order valence-corrected chi connectivity index (χ4v) is 4.74. The van der Waals surface area contributed by atoms with Crippen LogP contribution in [0.1, 0.15) is 54.7 Å². The number of alkyl halides is 2. The first-order valence-corrected chi connectivity index (χ1v) is 12.2. The molecule has 2 amide bonds. The molecule has 2 fully saturated rings. The van der Waals surface area contributed by atoms with Crippen LogP contribution in [-0.2, 0) is 4.79 Å². The normalized spacial score (nSPS) is 19.8. The van der Waals surface area contributed by atoms with Crippen molar-refractivity contribution >= 4 is 22.8 Å². The summed E-state index contributed by atoms with van der Waals surface area (Å²) in [7, 11) is 0. The van der Waals surface area contributed by atoms with Crippen LogP contribution in [0.5, 0.6) is 5.75 Å². The van der Waals surface area contributed by atoms with Crippen LogP contribution in [0.3, 0.4) is 0 Å². The Morgan fingerprint density at radius 3 is 2.69 bits per heavy atom. The summed E-state index contributed by atoms with van der Waals surface area (Å²) in [6.07, 6.45) is 0.880. The molecule has 1 aliphatic carbocycles. The SMILES string of the molecule is CC(=O)N1C[C@@H](C)[C@H](NC(=O)c2c(C)[nH]c3c(-c4cc(C(F)F)ccc4OCC4CC4)ncnc23)C1. The first kappa shape index (κ1) is 24.1. The first-order valence-electron chi connectivity index (χ1n) is 12.2. The molecule has 0 radical (unpaired) electrons. The molecule has 8 nitrogen and oxygen atoms in total. The molecule has 3 aromatic rings. The zero-order valence-corrected chi connectivity index (χ0v) is 20.5. The molecule has 1 aromatic carbocycles. The minimum Gasteiger partial charge on any atom is -0.493 e. The first-order chi connectivity index (χ1) is 17.2. The average Bonchev–Trinajstić information content (AvgIpc) is 3.50. The Morgan fingerprint density at radius 2 is 2.03 bits per heavy atom. The number of nitrogens with one attached hydrogen (secondary N) is 2. The number of aryl methyl sites for hydroxylation is 1. The number of hydrogen-bond acceptors (Lipinski definition) is 5. The summed E-state index contributed by atoms with van der Waals surface area (Å²) in [5, 5.41) is 3.05. The Labute approximate surface area is 207 Å². The van der Waals surface area contributed by atoms with Gasteiger partial charge >= 0.3 is 0 Å². The maximum absolute atomic E-state index is 13.6. The van der Waals surface area contributed by atoms with Gasteiger partial charge in [-0.2, -0.15) is 0 Å². The molecular weight excluding hydrogens is 468 g/mol. The van der Waals surface area contributed by atoms with Gasteiger partial charge in [0.15, 0.2) is 0 Å². The topological polar surface area (TPSA) is 100 Å². The minimum atomic E-state index is -2.65. The van der Waals surface area contributed by atoms with Gasteiger partial charge in [-0.15, -0.1) is 0 Å². The van der Waals surface area contributed by atoms with Crippen LogP contribution in [-0.4, -0.2) is 57.4 Å². The summed E-state index contributed by atoms with van der Waals surface area (Å²) in [4.78, 5) is 38.8. The maximum Gasteiger partial charge on any atom is 0.263 e. The second-order valence-electron chi connectivity index (χ2n) is 9.86. The predicted octanol–water partition coefficient (Wildman–Crippen LogP) is 4.26. The molecule has 2 aromatic heterocycles. The van der Waals surface area contributed by atoms with Gasteiger partial charge in [0.2, 0.25) is 5.91 Å². The fourth-order valence-electron chi connectivity index (χ4n) is 4.74. The van der Waals surface area contributed by atoms with Crippen molar-refractivity contribution in [2.45, 2.75) is 46.1 Å². The van der Waals surface area contributed by atoms with Crippen molar-refractivity contribution in [1.29, 1.82) is 0 Å². The zero-order valence-electron chi connectivity index (χ0n) is 20.5. The number of likely N-dealkylation sites (tertiary alicyclic amines) is 1. The van der Waals surface area contributed by atoms with E-state index in [4.69, 9.17) is 4.74 Å². The Bertz CT molecular complexity index is 1320. The molecule has 36 heavy (non-hydrogen) atoms. The summed E-state index contributed by atoms with van der Waals surface area (Å²) in [6.45, 7) is 6.83. The van der Waals surface area contributed by atoms with Crippen LogP contribution >= 0.6 is 0 Å². The van der Waals surface area contributed by atoms with Gasteiger partial charge in [0, 0.05) is 36.8 Å². The summed E-state index contributed by atoms with van der Waals surface area (Å²) < 4.78 is 33.1. The third-order valence-electron chi connectivity index (χ3n) is 7.05. The van der Waals surface area contributed by atoms with Gasteiger partial charge in [-0.05, 0) is 49.8 Å². The van der Waals surface area contributed by atoms with Crippen molar-refractivity contribution in [2.24, 2.45) is 11.8 Å². The molecule has 2 aliphatic rings. The molecular formula is C26H29F2N5O3. The van der Waals surface area contributed by atoms with Crippen LogP contribution < -0.4 is 10.1 Å². The fraction of sp³-hybridized carbons (Fsp3) is 0.462. The Hall–Kier alpha value is -3.56. The van der Waals surface area contributed by atoms with Crippen LogP contribution in [0.25, 0.3) is 22.3 Å². The Morgan fingerprint density at radius 1 is 1.25 bits per heavy atom. The second-order valence-corrected chi connectivity index (χ2v) is 9.86. The number of benzene rings is 1. The molecule has 2 atom stereocenters. The van der Waals surface area contributed by atoms with Crippen molar-refractivity contribution in [3.63, 3.8) is 0 Å². The number of carbonyl (C=O) groups excluding carboxylic acids is 2. The molecule has 10 heteroatoms. The van der Waals surface area contributed by atoms with Crippen LogP contribution in [0.4, 0.5) is 8.78 Å². The van der Waals surface area contributed by atoms with Crippen molar-refractivity contribution in [3.05, 3.63) is 41.3 Å². The predicted molar refractivity (Wildman–Crippen MR) is 130 cm³/mol. The molecule has 0 bridgehead atoms. The third kappa shape index (κ3) is 4.64. The highest BCUT2D eigenvalue weighted by Gasteiger charge is 2.33. The van der Waals surface area contributed by atoms with Crippen molar-refractivity contribution in [1.82, 2.24) is 25.2 Å². The maximum atomic E-state index is 13.6. The smallest absolute Gasteiger partial charge is 0.263 e. The summed E-state index contributed by atoms with van der Waals surface area (Å²) in [5.74, 6) is 0.727. The van der Waals surface area contributed by atoms with Gasteiger partial charge in [0.25, 0.3) is 12.3 Å². The lowest BCUT2D eigenvalue weighted by atomic mass is 10.0. The number of aromatic nitrogens is 3. The average molecular weight is 498 g/mol. The van der Waals surface area contributed by atoms with Crippen LogP contribution in [0.2, 0.25) is 0 Å². The zero-order chi connectivity index (χ0) is 25.6. The van der Waals surface area contributed by atoms with Gasteiger partial charge in [0.05, 0.1) is 23.7 Å². The number of fused-ring (bicyclic) bond motifs is 1. The van der Waals surface area contributed by atoms with Crippen molar-refractivity contribution < 1.29 is 23.1 Å². The minimum absolute atomic E-state index is 0.0232. The van der Waals surface area contributed by atoms with Gasteiger partial charge < -0.3 is 19.9 Å². The van der Waals surface area contributed by atoms with Crippen molar-refractivity contribution in [3.8, 4) is 17.0 Å². The molecule has 2 N–H and O–H groups in total. The number of halogens is 2. The van der Waals surface area contributed by atoms with Gasteiger partial charge in [-0.1, -0.05) is 6.92 Å². The highest BCUT2D eigenvalue weighted by molar-refractivity contribution is 6.09. The van der Waals surface area contributed by atoms with Gasteiger partial charge in [-0.3, -0.25) is 9.59 Å². The number of ether oxygens (including phenoxy) is 1. The molecule has 5 rings (SSSR count). The number of hydrogen-bond donors (Lipinski definition) is 2. The van der Waals surface area contributed by atoms with E-state index in [1.165, 1.54) is 25.4 Å². The summed E-state index contributed by atoms with van der Waals surface area (Å²) >= 11 is 0. The molecule has 190 valence electrons. The van der Waals surface area contributed by atoms with Crippen LogP contribution in [0, 0.1) is 18.8 Å².